The molecule has 1 aromatic heterocycles. The molecular formula is C13H11BrClN. The van der Waals surface area contributed by atoms with Gasteiger partial charge < -0.3 is 0 Å². The van der Waals surface area contributed by atoms with Crippen LogP contribution < -0.4 is 0 Å². The Labute approximate surface area is 109 Å². The highest BCUT2D eigenvalue weighted by Gasteiger charge is 2.08. The lowest BCUT2D eigenvalue weighted by molar-refractivity contribution is 0.915. The van der Waals surface area contributed by atoms with Crippen LogP contribution in [0.3, 0.4) is 0 Å². The predicted octanol–water partition coefficient (Wildman–Crippen LogP) is 4.37. The minimum atomic E-state index is 0.00387. The second-order valence-corrected chi connectivity index (χ2v) is 5.02. The van der Waals surface area contributed by atoms with Crippen molar-refractivity contribution in [2.45, 2.75) is 11.8 Å². The highest BCUT2D eigenvalue weighted by atomic mass is 79.9. The quantitative estimate of drug-likeness (QED) is 0.767. The molecule has 82 valence electrons. The summed E-state index contributed by atoms with van der Waals surface area (Å²) in [6, 6.07) is 12.1. The molecule has 0 radical (unpaired) electrons. The van der Waals surface area contributed by atoms with Crippen LogP contribution in [0.2, 0.25) is 0 Å². The van der Waals surface area contributed by atoms with E-state index in [1.165, 1.54) is 5.56 Å². The number of alkyl halides is 1. The van der Waals surface area contributed by atoms with Gasteiger partial charge in [-0.2, -0.15) is 0 Å². The van der Waals surface area contributed by atoms with Crippen LogP contribution in [0.15, 0.2) is 53.3 Å². The summed E-state index contributed by atoms with van der Waals surface area (Å²) in [5, 5.41) is 0.00387. The summed E-state index contributed by atoms with van der Waals surface area (Å²) in [6.07, 6.45) is 4.37. The molecule has 0 bridgehead atoms. The molecule has 0 amide bonds. The fourth-order valence-corrected chi connectivity index (χ4v) is 2.11. The molecule has 0 aliphatic heterocycles. The molecule has 0 saturated heterocycles. The van der Waals surface area contributed by atoms with Gasteiger partial charge >= 0.3 is 0 Å². The van der Waals surface area contributed by atoms with Gasteiger partial charge in [0.25, 0.3) is 0 Å². The summed E-state index contributed by atoms with van der Waals surface area (Å²) >= 11 is 9.76. The molecule has 2 aromatic rings. The van der Waals surface area contributed by atoms with Crippen molar-refractivity contribution in [1.29, 1.82) is 0 Å². The van der Waals surface area contributed by atoms with Gasteiger partial charge in [0.1, 0.15) is 0 Å². The zero-order valence-electron chi connectivity index (χ0n) is 8.61. The summed E-state index contributed by atoms with van der Waals surface area (Å²) in [7, 11) is 0. The Hall–Kier alpha value is -0.860. The van der Waals surface area contributed by atoms with E-state index in [1.807, 2.05) is 24.3 Å². The van der Waals surface area contributed by atoms with Crippen molar-refractivity contribution in [2.24, 2.45) is 0 Å². The normalized spacial score (nSPS) is 12.4. The molecule has 2 rings (SSSR count). The van der Waals surface area contributed by atoms with Crippen LogP contribution >= 0.6 is 27.5 Å². The zero-order valence-corrected chi connectivity index (χ0v) is 10.9. The number of benzene rings is 1. The fourth-order valence-electron chi connectivity index (χ4n) is 1.52. The lowest BCUT2D eigenvalue weighted by atomic mass is 10.1. The number of pyridine rings is 1. The summed E-state index contributed by atoms with van der Waals surface area (Å²) in [4.78, 5) is 3.98. The van der Waals surface area contributed by atoms with Crippen LogP contribution in [-0.2, 0) is 6.42 Å². The van der Waals surface area contributed by atoms with Crippen molar-refractivity contribution in [3.05, 3.63) is 64.4 Å². The van der Waals surface area contributed by atoms with E-state index in [4.69, 9.17) is 11.6 Å². The molecule has 0 aliphatic carbocycles. The Bertz CT molecular complexity index is 441. The summed E-state index contributed by atoms with van der Waals surface area (Å²) in [5.74, 6) is 0. The molecule has 0 saturated carbocycles. The third kappa shape index (κ3) is 3.06. The van der Waals surface area contributed by atoms with Crippen molar-refractivity contribution in [1.82, 2.24) is 4.98 Å². The summed E-state index contributed by atoms with van der Waals surface area (Å²) in [6.45, 7) is 0. The minimum absolute atomic E-state index is 0.00387. The van der Waals surface area contributed by atoms with Crippen LogP contribution in [-0.4, -0.2) is 4.98 Å². The predicted molar refractivity (Wildman–Crippen MR) is 70.7 cm³/mol. The first-order valence-corrected chi connectivity index (χ1v) is 6.27. The second kappa shape index (κ2) is 5.46. The Balaban J connectivity index is 2.08. The topological polar surface area (TPSA) is 12.9 Å². The third-order valence-electron chi connectivity index (χ3n) is 2.40. The maximum absolute atomic E-state index is 6.34. The zero-order chi connectivity index (χ0) is 11.4. The minimum Gasteiger partial charge on any atom is -0.265 e. The van der Waals surface area contributed by atoms with E-state index in [1.54, 1.807) is 12.4 Å². The van der Waals surface area contributed by atoms with Gasteiger partial charge in [-0.05, 0) is 41.8 Å². The van der Waals surface area contributed by atoms with Gasteiger partial charge in [-0.15, -0.1) is 11.6 Å². The molecule has 0 fully saturated rings. The van der Waals surface area contributed by atoms with Crippen molar-refractivity contribution in [3.8, 4) is 0 Å². The van der Waals surface area contributed by atoms with Crippen LogP contribution in [0.25, 0.3) is 0 Å². The molecule has 16 heavy (non-hydrogen) atoms. The number of rotatable bonds is 3. The first-order valence-electron chi connectivity index (χ1n) is 5.04. The first-order chi connectivity index (χ1) is 7.75. The first kappa shape index (κ1) is 11.6. The van der Waals surface area contributed by atoms with Crippen LogP contribution in [0.1, 0.15) is 16.5 Å². The van der Waals surface area contributed by atoms with E-state index in [0.29, 0.717) is 0 Å². The maximum Gasteiger partial charge on any atom is 0.0626 e. The van der Waals surface area contributed by atoms with Gasteiger partial charge in [0.2, 0.25) is 0 Å². The molecule has 3 heteroatoms. The SMILES string of the molecule is ClC(Cc1ccc(Br)cc1)c1ccncc1. The Kier molecular flexibility index (Phi) is 3.97. The van der Waals surface area contributed by atoms with Gasteiger partial charge in [-0.3, -0.25) is 4.98 Å². The lowest BCUT2D eigenvalue weighted by Crippen LogP contribution is -1.95. The maximum atomic E-state index is 6.34. The van der Waals surface area contributed by atoms with E-state index in [-0.39, 0.29) is 5.38 Å². The number of hydrogen-bond donors (Lipinski definition) is 0. The summed E-state index contributed by atoms with van der Waals surface area (Å²) in [5.41, 5.74) is 2.35. The Morgan fingerprint density at radius 1 is 1.06 bits per heavy atom. The van der Waals surface area contributed by atoms with E-state index in [2.05, 4.69) is 33.0 Å². The molecule has 0 aliphatic rings. The highest BCUT2D eigenvalue weighted by Crippen LogP contribution is 2.24. The number of aromatic nitrogens is 1. The second-order valence-electron chi connectivity index (χ2n) is 3.58. The van der Waals surface area contributed by atoms with E-state index < -0.39 is 0 Å². The van der Waals surface area contributed by atoms with Gasteiger partial charge in [-0.25, -0.2) is 0 Å². The number of halogens is 2. The molecule has 1 nitrogen and oxygen atoms in total. The fraction of sp³-hybridized carbons (Fsp3) is 0.154. The Morgan fingerprint density at radius 2 is 1.69 bits per heavy atom. The van der Waals surface area contributed by atoms with E-state index in [0.717, 1.165) is 16.5 Å². The lowest BCUT2D eigenvalue weighted by Gasteiger charge is -2.09. The van der Waals surface area contributed by atoms with Crippen LogP contribution in [0.5, 0.6) is 0 Å². The molecule has 0 spiro atoms. The molecular weight excluding hydrogens is 286 g/mol. The average molecular weight is 297 g/mol. The van der Waals surface area contributed by atoms with Crippen LogP contribution in [0.4, 0.5) is 0 Å². The van der Waals surface area contributed by atoms with Gasteiger partial charge in [-0.1, -0.05) is 28.1 Å². The smallest absolute Gasteiger partial charge is 0.0626 e. The molecule has 1 aromatic carbocycles. The monoisotopic (exact) mass is 295 g/mol. The molecule has 1 heterocycles. The van der Waals surface area contributed by atoms with Gasteiger partial charge in [0.15, 0.2) is 0 Å². The van der Waals surface area contributed by atoms with Crippen molar-refractivity contribution in [3.63, 3.8) is 0 Å². The standard InChI is InChI=1S/C13H11BrClN/c14-12-3-1-10(2-4-12)9-13(15)11-5-7-16-8-6-11/h1-8,13H,9H2. The third-order valence-corrected chi connectivity index (χ3v) is 3.33. The van der Waals surface area contributed by atoms with E-state index in [9.17, 15) is 0 Å². The molecule has 0 N–H and O–H groups in total. The summed E-state index contributed by atoms with van der Waals surface area (Å²) < 4.78 is 1.09. The average Bonchev–Trinajstić information content (AvgIpc) is 2.33. The van der Waals surface area contributed by atoms with Gasteiger partial charge in [0.05, 0.1) is 5.38 Å². The van der Waals surface area contributed by atoms with Gasteiger partial charge in [0, 0.05) is 16.9 Å². The molecule has 1 unspecified atom stereocenters. The van der Waals surface area contributed by atoms with Crippen molar-refractivity contribution >= 4 is 27.5 Å². The highest BCUT2D eigenvalue weighted by molar-refractivity contribution is 9.10. The van der Waals surface area contributed by atoms with E-state index >= 15 is 0 Å². The Morgan fingerprint density at radius 3 is 2.31 bits per heavy atom. The number of hydrogen-bond acceptors (Lipinski definition) is 1. The van der Waals surface area contributed by atoms with Crippen molar-refractivity contribution < 1.29 is 0 Å². The van der Waals surface area contributed by atoms with Crippen LogP contribution in [0, 0.1) is 0 Å². The molecule has 1 atom stereocenters. The largest absolute Gasteiger partial charge is 0.265 e. The number of nitrogens with zero attached hydrogens (tertiary/aromatic N) is 1. The van der Waals surface area contributed by atoms with Crippen molar-refractivity contribution in [2.75, 3.05) is 0 Å².